The van der Waals surface area contributed by atoms with Gasteiger partial charge in [0.05, 0.1) is 29.4 Å². The summed E-state index contributed by atoms with van der Waals surface area (Å²) in [5, 5.41) is 19.6. The van der Waals surface area contributed by atoms with Gasteiger partial charge >= 0.3 is 11.9 Å². The summed E-state index contributed by atoms with van der Waals surface area (Å²) < 4.78 is 47.8. The number of aliphatic hydroxyl groups is 1. The van der Waals surface area contributed by atoms with Gasteiger partial charge in [0.15, 0.2) is 0 Å². The minimum Gasteiger partial charge on any atom is -0.396 e. The standard InChI is InChI=1S/C26H31F3N4O3/c1-18-12-20(14-22(13-18)26(27,28)29)19(2)36-16-25(21-6-4-3-5-7-21)9-8-24(10-11-34,15-30-25)33-17-31-32-23(33)35/h3-7,12-14,17,19,30,34H,8-11,15-16H2,1-2H3,(H,32,35)/t19-,24-,25-/m1/s1. The number of aromatic nitrogens is 3. The lowest BCUT2D eigenvalue weighted by Crippen LogP contribution is -2.60. The van der Waals surface area contributed by atoms with Gasteiger partial charge in [0.2, 0.25) is 0 Å². The lowest BCUT2D eigenvalue weighted by Gasteiger charge is -2.48. The van der Waals surface area contributed by atoms with E-state index in [1.807, 2.05) is 30.3 Å². The van der Waals surface area contributed by atoms with Gasteiger partial charge in [-0.15, -0.1) is 0 Å². The van der Waals surface area contributed by atoms with Crippen molar-refractivity contribution in [1.82, 2.24) is 20.1 Å². The van der Waals surface area contributed by atoms with Crippen molar-refractivity contribution >= 4 is 0 Å². The number of halogens is 3. The summed E-state index contributed by atoms with van der Waals surface area (Å²) in [6.45, 7) is 3.88. The van der Waals surface area contributed by atoms with Crippen molar-refractivity contribution in [1.29, 1.82) is 0 Å². The maximum absolute atomic E-state index is 13.4. The van der Waals surface area contributed by atoms with E-state index in [0.29, 0.717) is 36.9 Å². The molecule has 1 aliphatic heterocycles. The van der Waals surface area contributed by atoms with Gasteiger partial charge in [0.25, 0.3) is 0 Å². The Hall–Kier alpha value is -2.95. The third kappa shape index (κ3) is 5.25. The number of ether oxygens (including phenoxy) is 1. The highest BCUT2D eigenvalue weighted by Crippen LogP contribution is 2.40. The summed E-state index contributed by atoms with van der Waals surface area (Å²) in [6.07, 6.45) is -2.06. The van der Waals surface area contributed by atoms with E-state index < -0.39 is 28.9 Å². The number of nitrogens with zero attached hydrogens (tertiary/aromatic N) is 2. The molecular formula is C26H31F3N4O3. The maximum Gasteiger partial charge on any atom is 0.416 e. The van der Waals surface area contributed by atoms with E-state index in [-0.39, 0.29) is 18.9 Å². The van der Waals surface area contributed by atoms with Gasteiger partial charge in [-0.2, -0.15) is 18.3 Å². The van der Waals surface area contributed by atoms with Crippen LogP contribution >= 0.6 is 0 Å². The van der Waals surface area contributed by atoms with Gasteiger partial charge < -0.3 is 15.2 Å². The van der Waals surface area contributed by atoms with Gasteiger partial charge in [0.1, 0.15) is 6.33 Å². The van der Waals surface area contributed by atoms with E-state index in [1.165, 1.54) is 10.9 Å². The van der Waals surface area contributed by atoms with Crippen LogP contribution in [0.3, 0.4) is 0 Å². The molecule has 0 bridgehead atoms. The minimum absolute atomic E-state index is 0.0972. The second-order valence-electron chi connectivity index (χ2n) is 9.61. The summed E-state index contributed by atoms with van der Waals surface area (Å²) in [5.74, 6) is 0. The number of piperidine rings is 1. The fourth-order valence-electron chi connectivity index (χ4n) is 5.07. The molecule has 1 aromatic heterocycles. The number of hydrogen-bond donors (Lipinski definition) is 3. The van der Waals surface area contributed by atoms with Crippen molar-refractivity contribution in [3.63, 3.8) is 0 Å². The molecule has 0 amide bonds. The monoisotopic (exact) mass is 504 g/mol. The molecule has 36 heavy (non-hydrogen) atoms. The number of alkyl halides is 3. The van der Waals surface area contributed by atoms with Crippen LogP contribution in [-0.4, -0.2) is 39.6 Å². The first-order chi connectivity index (χ1) is 17.1. The van der Waals surface area contributed by atoms with Gasteiger partial charge in [-0.05, 0) is 56.4 Å². The predicted molar refractivity (Wildman–Crippen MR) is 128 cm³/mol. The molecule has 2 heterocycles. The van der Waals surface area contributed by atoms with E-state index in [2.05, 4.69) is 15.5 Å². The van der Waals surface area contributed by atoms with Crippen molar-refractivity contribution in [2.45, 2.75) is 56.5 Å². The Morgan fingerprint density at radius 1 is 1.19 bits per heavy atom. The summed E-state index contributed by atoms with van der Waals surface area (Å²) in [4.78, 5) is 12.4. The van der Waals surface area contributed by atoms with Crippen LogP contribution in [0.25, 0.3) is 0 Å². The Bertz CT molecular complexity index is 1210. The topological polar surface area (TPSA) is 92.2 Å². The van der Waals surface area contributed by atoms with Gasteiger partial charge in [0, 0.05) is 13.2 Å². The molecule has 1 aliphatic rings. The second kappa shape index (κ2) is 10.2. The quantitative estimate of drug-likeness (QED) is 0.431. The normalized spacial score (nSPS) is 23.5. The largest absolute Gasteiger partial charge is 0.416 e. The minimum atomic E-state index is -4.43. The zero-order valence-electron chi connectivity index (χ0n) is 20.3. The SMILES string of the molecule is Cc1cc([C@@H](C)OC[C@@]2(c3ccccc3)CC[C@](CCO)(n3cn[nH]c3=O)CN2)cc(C(F)(F)F)c1. The van der Waals surface area contributed by atoms with E-state index in [9.17, 15) is 23.1 Å². The summed E-state index contributed by atoms with van der Waals surface area (Å²) in [5.41, 5.74) is -0.374. The summed E-state index contributed by atoms with van der Waals surface area (Å²) >= 11 is 0. The molecule has 194 valence electrons. The Morgan fingerprint density at radius 2 is 1.94 bits per heavy atom. The molecule has 0 radical (unpaired) electrons. The van der Waals surface area contributed by atoms with Crippen LogP contribution in [0.4, 0.5) is 13.2 Å². The second-order valence-corrected chi connectivity index (χ2v) is 9.61. The van der Waals surface area contributed by atoms with E-state index >= 15 is 0 Å². The Labute approximate surface area is 207 Å². The molecule has 10 heteroatoms. The highest BCUT2D eigenvalue weighted by Gasteiger charge is 2.45. The third-order valence-electron chi connectivity index (χ3n) is 7.22. The molecule has 0 aliphatic carbocycles. The molecule has 2 aromatic carbocycles. The van der Waals surface area contributed by atoms with E-state index in [4.69, 9.17) is 4.74 Å². The van der Waals surface area contributed by atoms with Crippen molar-refractivity contribution in [3.8, 4) is 0 Å². The van der Waals surface area contributed by atoms with Crippen molar-refractivity contribution < 1.29 is 23.0 Å². The number of benzene rings is 2. The molecule has 3 N–H and O–H groups in total. The Kier molecular flexibility index (Phi) is 7.40. The van der Waals surface area contributed by atoms with E-state index in [1.54, 1.807) is 19.9 Å². The van der Waals surface area contributed by atoms with Crippen LogP contribution in [0.2, 0.25) is 0 Å². The number of aromatic amines is 1. The lowest BCUT2D eigenvalue weighted by molar-refractivity contribution is -0.137. The molecular weight excluding hydrogens is 473 g/mol. The van der Waals surface area contributed by atoms with Crippen LogP contribution in [0.15, 0.2) is 59.7 Å². The first kappa shape index (κ1) is 26.1. The zero-order chi connectivity index (χ0) is 26.0. The number of rotatable bonds is 8. The average Bonchev–Trinajstić information content (AvgIpc) is 3.30. The van der Waals surface area contributed by atoms with Gasteiger partial charge in [-0.1, -0.05) is 42.0 Å². The number of hydrogen-bond acceptors (Lipinski definition) is 5. The van der Waals surface area contributed by atoms with Crippen molar-refractivity contribution in [2.75, 3.05) is 19.8 Å². The molecule has 1 fully saturated rings. The highest BCUT2D eigenvalue weighted by molar-refractivity contribution is 5.32. The molecule has 3 aromatic rings. The van der Waals surface area contributed by atoms with Crippen LogP contribution in [0.5, 0.6) is 0 Å². The average molecular weight is 505 g/mol. The maximum atomic E-state index is 13.4. The highest BCUT2D eigenvalue weighted by atomic mass is 19.4. The molecule has 0 unspecified atom stereocenters. The third-order valence-corrected chi connectivity index (χ3v) is 7.22. The number of nitrogens with one attached hydrogen (secondary N) is 2. The van der Waals surface area contributed by atoms with Crippen LogP contribution in [0.1, 0.15) is 54.5 Å². The number of H-pyrrole nitrogens is 1. The van der Waals surface area contributed by atoms with Crippen LogP contribution < -0.4 is 11.0 Å². The van der Waals surface area contributed by atoms with E-state index in [0.717, 1.165) is 17.7 Å². The summed E-state index contributed by atoms with van der Waals surface area (Å²) in [7, 11) is 0. The number of aliphatic hydroxyl groups excluding tert-OH is 1. The molecule has 0 saturated carbocycles. The first-order valence-corrected chi connectivity index (χ1v) is 11.9. The zero-order valence-corrected chi connectivity index (χ0v) is 20.3. The molecule has 7 nitrogen and oxygen atoms in total. The smallest absolute Gasteiger partial charge is 0.396 e. The Morgan fingerprint density at radius 3 is 2.53 bits per heavy atom. The molecule has 0 spiro atoms. The van der Waals surface area contributed by atoms with Gasteiger partial charge in [-0.3, -0.25) is 4.57 Å². The predicted octanol–water partition coefficient (Wildman–Crippen LogP) is 4.03. The fraction of sp³-hybridized carbons (Fsp3) is 0.462. The van der Waals surface area contributed by atoms with Gasteiger partial charge in [-0.25, -0.2) is 9.89 Å². The Balaban J connectivity index is 1.59. The number of aryl methyl sites for hydroxylation is 1. The van der Waals surface area contributed by atoms with Crippen LogP contribution in [0, 0.1) is 6.92 Å². The lowest BCUT2D eigenvalue weighted by atomic mass is 9.75. The molecule has 3 atom stereocenters. The van der Waals surface area contributed by atoms with Crippen LogP contribution in [-0.2, 0) is 22.0 Å². The summed E-state index contributed by atoms with van der Waals surface area (Å²) in [6, 6.07) is 13.7. The molecule has 4 rings (SSSR count). The fourth-order valence-corrected chi connectivity index (χ4v) is 5.07. The molecule has 1 saturated heterocycles. The first-order valence-electron chi connectivity index (χ1n) is 11.9. The van der Waals surface area contributed by atoms with Crippen molar-refractivity contribution in [3.05, 3.63) is 87.6 Å². The van der Waals surface area contributed by atoms with Crippen molar-refractivity contribution in [2.24, 2.45) is 0 Å².